The van der Waals surface area contributed by atoms with Crippen LogP contribution in [0.25, 0.3) is 0 Å². The Morgan fingerprint density at radius 3 is 2.60 bits per heavy atom. The van der Waals surface area contributed by atoms with Crippen LogP contribution in [0, 0.1) is 5.92 Å². The number of nitrogens with one attached hydrogen (secondary N) is 1. The van der Waals surface area contributed by atoms with Crippen molar-refractivity contribution in [3.8, 4) is 0 Å². The molecule has 1 unspecified atom stereocenters. The van der Waals surface area contributed by atoms with Crippen LogP contribution in [0.15, 0.2) is 29.4 Å². The van der Waals surface area contributed by atoms with Crippen molar-refractivity contribution < 1.29 is 14.3 Å². The van der Waals surface area contributed by atoms with Crippen molar-refractivity contribution in [1.82, 2.24) is 5.32 Å². The smallest absolute Gasteiger partial charge is 0.248 e. The summed E-state index contributed by atoms with van der Waals surface area (Å²) in [6.07, 6.45) is 0.823. The lowest BCUT2D eigenvalue weighted by molar-refractivity contribution is -0.118. The third-order valence-electron chi connectivity index (χ3n) is 2.82. The number of hydrogen-bond acceptors (Lipinski definition) is 4. The average Bonchev–Trinajstić information content (AvgIpc) is 2.43. The number of methoxy groups -OCH3 is 1. The molecule has 0 fully saturated rings. The van der Waals surface area contributed by atoms with E-state index in [0.29, 0.717) is 12.1 Å². The van der Waals surface area contributed by atoms with E-state index < -0.39 is 0 Å². The summed E-state index contributed by atoms with van der Waals surface area (Å²) in [5.41, 5.74) is 2.18. The number of allylic oxidation sites excluding steroid dienone is 1. The molecule has 0 saturated heterocycles. The predicted molar refractivity (Wildman–Crippen MR) is 81.7 cm³/mol. The van der Waals surface area contributed by atoms with Crippen molar-refractivity contribution in [2.45, 2.75) is 27.2 Å². The van der Waals surface area contributed by atoms with Gasteiger partial charge in [-0.25, -0.2) is 0 Å². The predicted octanol–water partition coefficient (Wildman–Crippen LogP) is 2.30. The first-order valence-corrected chi connectivity index (χ1v) is 6.67. The van der Waals surface area contributed by atoms with E-state index in [9.17, 15) is 4.79 Å². The highest BCUT2D eigenvalue weighted by Crippen LogP contribution is 2.05. The quantitative estimate of drug-likeness (QED) is 0.289. The Kier molecular flexibility index (Phi) is 9.59. The molecule has 1 N–H and O–H groups in total. The number of carbonyl (C=O) groups excluding carboxylic acids is 1. The van der Waals surface area contributed by atoms with Gasteiger partial charge in [-0.15, -0.1) is 0 Å². The van der Waals surface area contributed by atoms with Crippen LogP contribution in [-0.2, 0) is 14.3 Å². The zero-order chi connectivity index (χ0) is 15.5. The molecule has 20 heavy (non-hydrogen) atoms. The maximum Gasteiger partial charge on any atom is 0.248 e. The molecular weight excluding hydrogens is 256 g/mol. The summed E-state index contributed by atoms with van der Waals surface area (Å²) < 4.78 is 9.80. The molecule has 1 atom stereocenters. The molecule has 0 aliphatic heterocycles. The minimum Gasteiger partial charge on any atom is -0.359 e. The van der Waals surface area contributed by atoms with E-state index in [1.165, 1.54) is 7.11 Å². The normalized spacial score (nSPS) is 12.9. The highest BCUT2D eigenvalue weighted by Gasteiger charge is 2.11. The van der Waals surface area contributed by atoms with Crippen LogP contribution in [-0.4, -0.2) is 38.7 Å². The fraction of sp³-hybridized carbons (Fsp3) is 0.600. The van der Waals surface area contributed by atoms with Crippen molar-refractivity contribution in [2.24, 2.45) is 10.9 Å². The van der Waals surface area contributed by atoms with Gasteiger partial charge in [-0.1, -0.05) is 27.0 Å². The van der Waals surface area contributed by atoms with Crippen molar-refractivity contribution in [1.29, 1.82) is 0 Å². The van der Waals surface area contributed by atoms with Gasteiger partial charge in [0.25, 0.3) is 0 Å². The number of hydrogen-bond donors (Lipinski definition) is 1. The second-order valence-corrected chi connectivity index (χ2v) is 4.64. The van der Waals surface area contributed by atoms with Crippen molar-refractivity contribution >= 4 is 11.6 Å². The van der Waals surface area contributed by atoms with Gasteiger partial charge in [-0.3, -0.25) is 9.79 Å². The second kappa shape index (κ2) is 10.3. The number of carbonyl (C=O) groups is 1. The van der Waals surface area contributed by atoms with Crippen molar-refractivity contribution in [3.05, 3.63) is 24.4 Å². The average molecular weight is 282 g/mol. The van der Waals surface area contributed by atoms with E-state index in [1.807, 2.05) is 20.8 Å². The molecule has 0 bridgehead atoms. The lowest BCUT2D eigenvalue weighted by atomic mass is 10.1. The van der Waals surface area contributed by atoms with Gasteiger partial charge in [0, 0.05) is 36.6 Å². The van der Waals surface area contributed by atoms with E-state index in [0.717, 1.165) is 17.8 Å². The summed E-state index contributed by atoms with van der Waals surface area (Å²) in [6, 6.07) is 0. The maximum absolute atomic E-state index is 11.8. The number of ether oxygens (including phenoxy) is 2. The van der Waals surface area contributed by atoms with Gasteiger partial charge in [0.2, 0.25) is 5.91 Å². The van der Waals surface area contributed by atoms with Crippen LogP contribution in [0.4, 0.5) is 0 Å². The molecule has 0 aliphatic carbocycles. The van der Waals surface area contributed by atoms with E-state index in [-0.39, 0.29) is 25.2 Å². The Morgan fingerprint density at radius 1 is 1.40 bits per heavy atom. The molecule has 5 heteroatoms. The molecule has 114 valence electrons. The summed E-state index contributed by atoms with van der Waals surface area (Å²) >= 11 is 0. The van der Waals surface area contributed by atoms with Gasteiger partial charge in [-0.2, -0.15) is 0 Å². The van der Waals surface area contributed by atoms with Gasteiger partial charge in [0.1, 0.15) is 6.79 Å². The van der Waals surface area contributed by atoms with Crippen LogP contribution >= 0.6 is 0 Å². The molecule has 0 rings (SSSR count). The standard InChI is InChI=1S/C15H26N2O3/c1-7-13(4)17-14(5)11(2)8-16-15(18)12(3)9-20-10-19-6/h11H,3-4,7-10H2,1-2,5-6H3,(H,16,18). The van der Waals surface area contributed by atoms with Gasteiger partial charge in [0.15, 0.2) is 0 Å². The summed E-state index contributed by atoms with van der Waals surface area (Å²) in [7, 11) is 1.52. The van der Waals surface area contributed by atoms with Crippen LogP contribution in [0.3, 0.4) is 0 Å². The molecule has 0 heterocycles. The van der Waals surface area contributed by atoms with Crippen LogP contribution in [0.5, 0.6) is 0 Å². The molecule has 0 aromatic heterocycles. The molecule has 0 aromatic rings. The zero-order valence-electron chi connectivity index (χ0n) is 13.0. The monoisotopic (exact) mass is 282 g/mol. The number of rotatable bonds is 10. The third-order valence-corrected chi connectivity index (χ3v) is 2.82. The number of nitrogens with zero attached hydrogens (tertiary/aromatic N) is 1. The first kappa shape index (κ1) is 18.5. The lowest BCUT2D eigenvalue weighted by Crippen LogP contribution is -2.32. The molecule has 0 aliphatic rings. The van der Waals surface area contributed by atoms with Crippen molar-refractivity contribution in [3.63, 3.8) is 0 Å². The fourth-order valence-electron chi connectivity index (χ4n) is 1.27. The van der Waals surface area contributed by atoms with E-state index in [2.05, 4.69) is 23.5 Å². The first-order valence-electron chi connectivity index (χ1n) is 6.67. The van der Waals surface area contributed by atoms with Gasteiger partial charge in [0.05, 0.1) is 6.61 Å². The lowest BCUT2D eigenvalue weighted by Gasteiger charge is -2.14. The number of amides is 1. The summed E-state index contributed by atoms with van der Waals surface area (Å²) in [4.78, 5) is 16.1. The molecule has 5 nitrogen and oxygen atoms in total. The van der Waals surface area contributed by atoms with Crippen LogP contribution in [0.1, 0.15) is 27.2 Å². The van der Waals surface area contributed by atoms with E-state index >= 15 is 0 Å². The molecule has 0 saturated carbocycles. The number of aliphatic imine (C=N–C) groups is 1. The topological polar surface area (TPSA) is 59.9 Å². The molecular formula is C15H26N2O3. The zero-order valence-corrected chi connectivity index (χ0v) is 13.0. The summed E-state index contributed by atoms with van der Waals surface area (Å²) in [6.45, 7) is 14.3. The fourth-order valence-corrected chi connectivity index (χ4v) is 1.27. The minimum absolute atomic E-state index is 0.146. The summed E-state index contributed by atoms with van der Waals surface area (Å²) in [5, 5.41) is 2.81. The second-order valence-electron chi connectivity index (χ2n) is 4.64. The van der Waals surface area contributed by atoms with E-state index in [4.69, 9.17) is 9.47 Å². The third kappa shape index (κ3) is 7.86. The molecule has 1 amide bonds. The Labute approximate surface area is 121 Å². The van der Waals surface area contributed by atoms with Gasteiger partial charge < -0.3 is 14.8 Å². The maximum atomic E-state index is 11.8. The van der Waals surface area contributed by atoms with Crippen LogP contribution < -0.4 is 5.32 Å². The molecule has 0 radical (unpaired) electrons. The minimum atomic E-state index is -0.213. The van der Waals surface area contributed by atoms with Crippen molar-refractivity contribution in [2.75, 3.05) is 27.1 Å². The van der Waals surface area contributed by atoms with Crippen LogP contribution in [0.2, 0.25) is 0 Å². The molecule has 0 aromatic carbocycles. The SMILES string of the molecule is C=C(CC)N=C(C)C(C)CNC(=O)C(=C)COCOC. The first-order chi connectivity index (χ1) is 9.42. The van der Waals surface area contributed by atoms with Gasteiger partial charge >= 0.3 is 0 Å². The largest absolute Gasteiger partial charge is 0.359 e. The molecule has 0 spiro atoms. The highest BCUT2D eigenvalue weighted by atomic mass is 16.7. The summed E-state index contributed by atoms with van der Waals surface area (Å²) in [5.74, 6) is -0.0648. The van der Waals surface area contributed by atoms with Gasteiger partial charge in [-0.05, 0) is 13.3 Å². The Morgan fingerprint density at radius 2 is 2.05 bits per heavy atom. The van der Waals surface area contributed by atoms with E-state index in [1.54, 1.807) is 0 Å². The highest BCUT2D eigenvalue weighted by molar-refractivity contribution is 5.93. The Hall–Kier alpha value is -1.46. The Bertz CT molecular complexity index is 375. The Balaban J connectivity index is 4.14.